The minimum Gasteiger partial charge on any atom is -0.489 e. The maximum atomic E-state index is 11.6. The van der Waals surface area contributed by atoms with Gasteiger partial charge in [-0.15, -0.1) is 0 Å². The average molecular weight is 412 g/mol. The van der Waals surface area contributed by atoms with Crippen LogP contribution in [-0.4, -0.2) is 47.8 Å². The quantitative estimate of drug-likeness (QED) is 0.464. The van der Waals surface area contributed by atoms with Crippen molar-refractivity contribution in [2.75, 3.05) is 35.7 Å². The fourth-order valence-electron chi connectivity index (χ4n) is 3.12. The predicted octanol–water partition coefficient (Wildman–Crippen LogP) is 2.88. The average Bonchev–Trinajstić information content (AvgIpc) is 3.56. The van der Waals surface area contributed by atoms with Crippen molar-refractivity contribution in [3.63, 3.8) is 0 Å². The van der Waals surface area contributed by atoms with Crippen LogP contribution in [0.15, 0.2) is 24.4 Å². The van der Waals surface area contributed by atoms with Gasteiger partial charge < -0.3 is 31.2 Å². The molecular weight excluding hydrogens is 384 g/mol. The Labute approximate surface area is 175 Å². The van der Waals surface area contributed by atoms with Crippen LogP contribution in [0.1, 0.15) is 43.0 Å². The molecule has 2 aromatic rings. The number of unbranched alkanes of at least 4 members (excludes halogenated alkanes) is 1. The number of nitrogens with zero attached hydrogens (tertiary/aromatic N) is 2. The summed E-state index contributed by atoms with van der Waals surface area (Å²) in [5.41, 5.74) is 7.42. The SMILES string of the molecule is CCCCO[C@@H]1CNc2cc(Nc3ncc(C(N)=O)c(NC4CC4)n3)ccc2OC1. The number of primary amides is 1. The number of carbonyl (C=O) groups is 1. The van der Waals surface area contributed by atoms with E-state index in [4.69, 9.17) is 15.2 Å². The number of rotatable bonds is 9. The van der Waals surface area contributed by atoms with Crippen LogP contribution in [-0.2, 0) is 4.74 Å². The predicted molar refractivity (Wildman–Crippen MR) is 116 cm³/mol. The van der Waals surface area contributed by atoms with Gasteiger partial charge in [0.25, 0.3) is 5.91 Å². The number of aromatic nitrogens is 2. The van der Waals surface area contributed by atoms with Crippen LogP contribution in [0, 0.1) is 0 Å². The molecule has 0 radical (unpaired) electrons. The van der Waals surface area contributed by atoms with E-state index in [1.807, 2.05) is 18.2 Å². The fourth-order valence-corrected chi connectivity index (χ4v) is 3.12. The normalized spacial score (nSPS) is 17.8. The number of nitrogens with one attached hydrogen (secondary N) is 3. The third-order valence-corrected chi connectivity index (χ3v) is 5.00. The number of benzene rings is 1. The summed E-state index contributed by atoms with van der Waals surface area (Å²) in [6.45, 7) is 4.08. The molecule has 0 spiro atoms. The lowest BCUT2D eigenvalue weighted by Crippen LogP contribution is -2.27. The topological polar surface area (TPSA) is 123 Å². The summed E-state index contributed by atoms with van der Waals surface area (Å²) < 4.78 is 11.8. The van der Waals surface area contributed by atoms with Crippen molar-refractivity contribution in [1.82, 2.24) is 9.97 Å². The molecule has 0 bridgehead atoms. The van der Waals surface area contributed by atoms with E-state index in [2.05, 4.69) is 32.8 Å². The van der Waals surface area contributed by atoms with E-state index in [9.17, 15) is 4.79 Å². The third-order valence-electron chi connectivity index (χ3n) is 5.00. The Morgan fingerprint density at radius 1 is 1.40 bits per heavy atom. The molecule has 1 aromatic carbocycles. The van der Waals surface area contributed by atoms with E-state index >= 15 is 0 Å². The number of nitrogens with two attached hydrogens (primary N) is 1. The van der Waals surface area contributed by atoms with Crippen LogP contribution in [0.3, 0.4) is 0 Å². The summed E-state index contributed by atoms with van der Waals surface area (Å²) in [5, 5.41) is 9.82. The summed E-state index contributed by atoms with van der Waals surface area (Å²) in [6, 6.07) is 6.09. The van der Waals surface area contributed by atoms with Gasteiger partial charge in [0, 0.05) is 31.1 Å². The molecule has 2 heterocycles. The molecular formula is C21H28N6O3. The Bertz CT molecular complexity index is 902. The molecule has 1 aliphatic heterocycles. The second-order valence-corrected chi connectivity index (χ2v) is 7.61. The summed E-state index contributed by atoms with van der Waals surface area (Å²) >= 11 is 0. The lowest BCUT2D eigenvalue weighted by Gasteiger charge is -2.14. The van der Waals surface area contributed by atoms with Crippen LogP contribution < -0.4 is 26.4 Å². The second kappa shape index (κ2) is 9.17. The zero-order valence-electron chi connectivity index (χ0n) is 17.1. The molecule has 5 N–H and O–H groups in total. The highest BCUT2D eigenvalue weighted by atomic mass is 16.5. The first-order chi connectivity index (χ1) is 14.6. The van der Waals surface area contributed by atoms with E-state index < -0.39 is 5.91 Å². The van der Waals surface area contributed by atoms with E-state index in [0.717, 1.165) is 49.4 Å². The number of hydrogen-bond acceptors (Lipinski definition) is 8. The van der Waals surface area contributed by atoms with Crippen molar-refractivity contribution in [2.45, 2.75) is 44.8 Å². The third kappa shape index (κ3) is 5.10. The molecule has 0 saturated heterocycles. The molecule has 0 unspecified atom stereocenters. The van der Waals surface area contributed by atoms with Gasteiger partial charge in [0.15, 0.2) is 0 Å². The lowest BCUT2D eigenvalue weighted by atomic mass is 10.2. The standard InChI is InChI=1S/C21H28N6O3/c1-2-3-8-29-15-10-23-17-9-14(6-7-18(17)30-12-15)26-21-24-11-16(19(22)28)20(27-21)25-13-4-5-13/h6-7,9,11,13,15,23H,2-5,8,10,12H2,1H3,(H2,22,28)(H2,24,25,26,27)/t15-/m1/s1. The van der Waals surface area contributed by atoms with Crippen molar-refractivity contribution in [3.05, 3.63) is 30.0 Å². The smallest absolute Gasteiger partial charge is 0.254 e. The molecule has 1 saturated carbocycles. The minimum absolute atomic E-state index is 0.0149. The Hall–Kier alpha value is -3.07. The highest BCUT2D eigenvalue weighted by Gasteiger charge is 2.24. The van der Waals surface area contributed by atoms with E-state index in [-0.39, 0.29) is 6.10 Å². The van der Waals surface area contributed by atoms with Crippen LogP contribution in [0.4, 0.5) is 23.1 Å². The maximum absolute atomic E-state index is 11.6. The number of hydrogen-bond donors (Lipinski definition) is 4. The number of amides is 1. The number of ether oxygens (including phenoxy) is 2. The zero-order valence-corrected chi connectivity index (χ0v) is 17.1. The molecule has 9 nitrogen and oxygen atoms in total. The number of carbonyl (C=O) groups excluding carboxylic acids is 1. The van der Waals surface area contributed by atoms with Crippen LogP contribution >= 0.6 is 0 Å². The zero-order chi connectivity index (χ0) is 20.9. The lowest BCUT2D eigenvalue weighted by molar-refractivity contribution is 0.0299. The molecule has 1 fully saturated rings. The Balaban J connectivity index is 1.44. The maximum Gasteiger partial charge on any atom is 0.254 e. The number of anilines is 4. The van der Waals surface area contributed by atoms with Crippen molar-refractivity contribution in [2.24, 2.45) is 5.73 Å². The fraction of sp³-hybridized carbons (Fsp3) is 0.476. The van der Waals surface area contributed by atoms with E-state index in [1.165, 1.54) is 6.20 Å². The van der Waals surface area contributed by atoms with Crippen molar-refractivity contribution >= 4 is 29.0 Å². The Kier molecular flexibility index (Phi) is 6.18. The van der Waals surface area contributed by atoms with Crippen LogP contribution in [0.25, 0.3) is 0 Å². The first-order valence-corrected chi connectivity index (χ1v) is 10.4. The van der Waals surface area contributed by atoms with Gasteiger partial charge >= 0.3 is 0 Å². The van der Waals surface area contributed by atoms with Gasteiger partial charge in [-0.2, -0.15) is 4.98 Å². The minimum atomic E-state index is -0.549. The summed E-state index contributed by atoms with van der Waals surface area (Å²) in [6.07, 6.45) is 5.74. The highest BCUT2D eigenvalue weighted by Crippen LogP contribution is 2.31. The van der Waals surface area contributed by atoms with Crippen LogP contribution in [0.5, 0.6) is 5.75 Å². The van der Waals surface area contributed by atoms with Crippen molar-refractivity contribution in [3.8, 4) is 5.75 Å². The monoisotopic (exact) mass is 412 g/mol. The first-order valence-electron chi connectivity index (χ1n) is 10.4. The largest absolute Gasteiger partial charge is 0.489 e. The molecule has 9 heteroatoms. The van der Waals surface area contributed by atoms with Gasteiger partial charge in [0.2, 0.25) is 5.95 Å². The molecule has 160 valence electrons. The highest BCUT2D eigenvalue weighted by molar-refractivity contribution is 5.97. The number of fused-ring (bicyclic) bond motifs is 1. The molecule has 1 atom stereocenters. The molecule has 1 aliphatic carbocycles. The molecule has 1 aromatic heterocycles. The van der Waals surface area contributed by atoms with Crippen LogP contribution in [0.2, 0.25) is 0 Å². The Morgan fingerprint density at radius 3 is 3.03 bits per heavy atom. The Morgan fingerprint density at radius 2 is 2.27 bits per heavy atom. The summed E-state index contributed by atoms with van der Waals surface area (Å²) in [5.74, 6) is 1.08. The molecule has 1 amide bonds. The first kappa shape index (κ1) is 20.2. The van der Waals surface area contributed by atoms with Gasteiger partial charge in [-0.1, -0.05) is 13.3 Å². The van der Waals surface area contributed by atoms with Gasteiger partial charge in [0.1, 0.15) is 24.3 Å². The molecule has 30 heavy (non-hydrogen) atoms. The van der Waals surface area contributed by atoms with Crippen molar-refractivity contribution in [1.29, 1.82) is 0 Å². The second-order valence-electron chi connectivity index (χ2n) is 7.61. The summed E-state index contributed by atoms with van der Waals surface area (Å²) in [7, 11) is 0. The van der Waals surface area contributed by atoms with Gasteiger partial charge in [-0.05, 0) is 37.5 Å². The molecule has 4 rings (SSSR count). The van der Waals surface area contributed by atoms with Crippen molar-refractivity contribution < 1.29 is 14.3 Å². The van der Waals surface area contributed by atoms with E-state index in [0.29, 0.717) is 36.5 Å². The van der Waals surface area contributed by atoms with Gasteiger partial charge in [-0.3, -0.25) is 4.79 Å². The van der Waals surface area contributed by atoms with E-state index in [1.54, 1.807) is 0 Å². The van der Waals surface area contributed by atoms with Gasteiger partial charge in [0.05, 0.1) is 11.3 Å². The molecule has 2 aliphatic rings. The summed E-state index contributed by atoms with van der Waals surface area (Å²) in [4.78, 5) is 20.3. The van der Waals surface area contributed by atoms with Gasteiger partial charge in [-0.25, -0.2) is 4.98 Å².